The summed E-state index contributed by atoms with van der Waals surface area (Å²) in [6, 6.07) is 8.61. The van der Waals surface area contributed by atoms with Crippen molar-refractivity contribution in [2.24, 2.45) is 5.92 Å². The van der Waals surface area contributed by atoms with Gasteiger partial charge < -0.3 is 15.7 Å². The van der Waals surface area contributed by atoms with E-state index in [9.17, 15) is 14.7 Å². The molecule has 1 fully saturated rings. The summed E-state index contributed by atoms with van der Waals surface area (Å²) >= 11 is 0. The monoisotopic (exact) mass is 290 g/mol. The first-order valence-electron chi connectivity index (χ1n) is 7.48. The van der Waals surface area contributed by atoms with Crippen LogP contribution in [0.1, 0.15) is 32.1 Å². The summed E-state index contributed by atoms with van der Waals surface area (Å²) in [4.78, 5) is 23.3. The zero-order chi connectivity index (χ0) is 15.1. The molecule has 1 aliphatic rings. The smallest absolute Gasteiger partial charge is 0.326 e. The summed E-state index contributed by atoms with van der Waals surface area (Å²) in [6.45, 7) is 0.0838. The van der Waals surface area contributed by atoms with E-state index in [1.165, 1.54) is 0 Å². The number of carboxylic acid groups (broad SMARTS) is 1. The molecule has 1 aromatic carbocycles. The molecule has 21 heavy (non-hydrogen) atoms. The summed E-state index contributed by atoms with van der Waals surface area (Å²) in [5.41, 5.74) is 0.845. The number of carbonyl (C=O) groups is 2. The van der Waals surface area contributed by atoms with Gasteiger partial charge in [0.1, 0.15) is 6.04 Å². The molecule has 0 aromatic heterocycles. The fourth-order valence-electron chi connectivity index (χ4n) is 2.81. The van der Waals surface area contributed by atoms with Gasteiger partial charge in [-0.25, -0.2) is 4.79 Å². The minimum atomic E-state index is -0.935. The zero-order valence-electron chi connectivity index (χ0n) is 12.0. The molecule has 1 aliphatic carbocycles. The lowest BCUT2D eigenvalue weighted by atomic mass is 9.84. The summed E-state index contributed by atoms with van der Waals surface area (Å²) in [6.07, 6.45) is 5.01. The van der Waals surface area contributed by atoms with Gasteiger partial charge in [-0.1, -0.05) is 37.5 Å². The first-order chi connectivity index (χ1) is 10.2. The van der Waals surface area contributed by atoms with Gasteiger partial charge in [-0.3, -0.25) is 4.79 Å². The number of nitrogens with one attached hydrogen (secondary N) is 2. The maximum Gasteiger partial charge on any atom is 0.326 e. The first kappa shape index (κ1) is 15.4. The third kappa shape index (κ3) is 4.77. The van der Waals surface area contributed by atoms with Crippen molar-refractivity contribution in [1.82, 2.24) is 5.32 Å². The lowest BCUT2D eigenvalue weighted by Gasteiger charge is -2.28. The van der Waals surface area contributed by atoms with E-state index in [4.69, 9.17) is 0 Å². The van der Waals surface area contributed by atoms with E-state index >= 15 is 0 Å². The number of anilines is 1. The van der Waals surface area contributed by atoms with Crippen molar-refractivity contribution in [3.63, 3.8) is 0 Å². The second-order valence-electron chi connectivity index (χ2n) is 5.50. The minimum Gasteiger partial charge on any atom is -0.480 e. The Bertz CT molecular complexity index is 470. The van der Waals surface area contributed by atoms with Crippen LogP contribution in [-0.2, 0) is 9.59 Å². The highest BCUT2D eigenvalue weighted by atomic mass is 16.4. The lowest BCUT2D eigenvalue weighted by molar-refractivity contribution is -0.143. The van der Waals surface area contributed by atoms with Crippen LogP contribution in [0.15, 0.2) is 30.3 Å². The molecule has 1 saturated carbocycles. The molecule has 0 spiro atoms. The molecule has 5 nitrogen and oxygen atoms in total. The SMILES string of the molecule is O=C(CNc1ccccc1)NC(C(=O)O)C1CCCCC1. The molecule has 1 unspecified atom stereocenters. The Morgan fingerprint density at radius 1 is 1.14 bits per heavy atom. The third-order valence-corrected chi connectivity index (χ3v) is 3.93. The average molecular weight is 290 g/mol. The molecule has 2 rings (SSSR count). The minimum absolute atomic E-state index is 0.0527. The molecule has 5 heteroatoms. The number of carboxylic acids is 1. The van der Waals surface area contributed by atoms with Gasteiger partial charge in [0, 0.05) is 5.69 Å². The van der Waals surface area contributed by atoms with E-state index in [1.807, 2.05) is 30.3 Å². The highest BCUT2D eigenvalue weighted by molar-refractivity contribution is 5.86. The standard InChI is InChI=1S/C16H22N2O3/c19-14(11-17-13-9-5-2-6-10-13)18-15(16(20)21)12-7-3-1-4-8-12/h2,5-6,9-10,12,15,17H,1,3-4,7-8,11H2,(H,18,19)(H,20,21). The Balaban J connectivity index is 1.84. The van der Waals surface area contributed by atoms with Gasteiger partial charge in [0.15, 0.2) is 0 Å². The number of rotatable bonds is 6. The largest absolute Gasteiger partial charge is 0.480 e. The van der Waals surface area contributed by atoms with Gasteiger partial charge >= 0.3 is 5.97 Å². The second kappa shape index (κ2) is 7.67. The highest BCUT2D eigenvalue weighted by Gasteiger charge is 2.30. The van der Waals surface area contributed by atoms with E-state index in [0.29, 0.717) is 0 Å². The van der Waals surface area contributed by atoms with Crippen molar-refractivity contribution in [3.05, 3.63) is 30.3 Å². The molecule has 1 atom stereocenters. The van der Waals surface area contributed by atoms with Crippen LogP contribution in [0.3, 0.4) is 0 Å². The molecule has 1 aromatic rings. The number of aliphatic carboxylic acids is 1. The van der Waals surface area contributed by atoms with Crippen molar-refractivity contribution >= 4 is 17.6 Å². The molecular weight excluding hydrogens is 268 g/mol. The van der Waals surface area contributed by atoms with Crippen LogP contribution in [0.4, 0.5) is 5.69 Å². The molecule has 0 heterocycles. The summed E-state index contributed by atoms with van der Waals surface area (Å²) < 4.78 is 0. The topological polar surface area (TPSA) is 78.4 Å². The van der Waals surface area contributed by atoms with E-state index in [1.54, 1.807) is 0 Å². The fourth-order valence-corrected chi connectivity index (χ4v) is 2.81. The van der Waals surface area contributed by atoms with E-state index in [-0.39, 0.29) is 18.4 Å². The van der Waals surface area contributed by atoms with Crippen molar-refractivity contribution < 1.29 is 14.7 Å². The molecule has 1 amide bonds. The van der Waals surface area contributed by atoms with Crippen LogP contribution in [0.2, 0.25) is 0 Å². The average Bonchev–Trinajstić information content (AvgIpc) is 2.52. The number of hydrogen-bond acceptors (Lipinski definition) is 3. The van der Waals surface area contributed by atoms with Crippen molar-refractivity contribution in [2.45, 2.75) is 38.1 Å². The van der Waals surface area contributed by atoms with E-state index < -0.39 is 12.0 Å². The number of carbonyl (C=O) groups excluding carboxylic acids is 1. The van der Waals surface area contributed by atoms with Crippen molar-refractivity contribution in [1.29, 1.82) is 0 Å². The summed E-state index contributed by atoms with van der Waals surface area (Å²) in [7, 11) is 0. The summed E-state index contributed by atoms with van der Waals surface area (Å²) in [5.74, 6) is -1.16. The molecule has 3 N–H and O–H groups in total. The van der Waals surface area contributed by atoms with Crippen LogP contribution in [0.25, 0.3) is 0 Å². The highest BCUT2D eigenvalue weighted by Crippen LogP contribution is 2.26. The Morgan fingerprint density at radius 3 is 2.43 bits per heavy atom. The molecule has 0 aliphatic heterocycles. The normalized spacial score (nSPS) is 17.0. The molecule has 0 radical (unpaired) electrons. The number of para-hydroxylation sites is 1. The third-order valence-electron chi connectivity index (χ3n) is 3.93. The Labute approximate surface area is 124 Å². The van der Waals surface area contributed by atoms with E-state index in [0.717, 1.165) is 37.8 Å². The predicted molar refractivity (Wildman–Crippen MR) is 81.1 cm³/mol. The van der Waals surface area contributed by atoms with Gasteiger partial charge in [-0.2, -0.15) is 0 Å². The van der Waals surface area contributed by atoms with Crippen molar-refractivity contribution in [2.75, 3.05) is 11.9 Å². The van der Waals surface area contributed by atoms with Crippen LogP contribution >= 0.6 is 0 Å². The van der Waals surface area contributed by atoms with Gasteiger partial charge in [-0.05, 0) is 30.9 Å². The van der Waals surface area contributed by atoms with Crippen LogP contribution in [0, 0.1) is 5.92 Å². The number of amides is 1. The van der Waals surface area contributed by atoms with Gasteiger partial charge in [0.05, 0.1) is 6.54 Å². The fraction of sp³-hybridized carbons (Fsp3) is 0.500. The molecule has 114 valence electrons. The molecule has 0 saturated heterocycles. The lowest BCUT2D eigenvalue weighted by Crippen LogP contribution is -2.48. The van der Waals surface area contributed by atoms with Crippen LogP contribution in [-0.4, -0.2) is 29.6 Å². The second-order valence-corrected chi connectivity index (χ2v) is 5.50. The van der Waals surface area contributed by atoms with Gasteiger partial charge in [-0.15, -0.1) is 0 Å². The Hall–Kier alpha value is -2.04. The molecular formula is C16H22N2O3. The van der Waals surface area contributed by atoms with E-state index in [2.05, 4.69) is 10.6 Å². The Morgan fingerprint density at radius 2 is 1.81 bits per heavy atom. The van der Waals surface area contributed by atoms with Crippen LogP contribution < -0.4 is 10.6 Å². The Kier molecular flexibility index (Phi) is 5.60. The maximum atomic E-state index is 11.9. The maximum absolute atomic E-state index is 11.9. The van der Waals surface area contributed by atoms with Gasteiger partial charge in [0.2, 0.25) is 5.91 Å². The van der Waals surface area contributed by atoms with Gasteiger partial charge in [0.25, 0.3) is 0 Å². The summed E-state index contributed by atoms with van der Waals surface area (Å²) in [5, 5.41) is 15.0. The number of benzene rings is 1. The quantitative estimate of drug-likeness (QED) is 0.751. The first-order valence-corrected chi connectivity index (χ1v) is 7.48. The molecule has 0 bridgehead atoms. The zero-order valence-corrected chi connectivity index (χ0v) is 12.0. The number of hydrogen-bond donors (Lipinski definition) is 3. The van der Waals surface area contributed by atoms with Crippen molar-refractivity contribution in [3.8, 4) is 0 Å². The van der Waals surface area contributed by atoms with Crippen LogP contribution in [0.5, 0.6) is 0 Å². The predicted octanol–water partition coefficient (Wildman–Crippen LogP) is 2.25.